The lowest BCUT2D eigenvalue weighted by Crippen LogP contribution is -2.36. The van der Waals surface area contributed by atoms with Gasteiger partial charge in [-0.25, -0.2) is 0 Å². The van der Waals surface area contributed by atoms with Crippen molar-refractivity contribution in [3.63, 3.8) is 0 Å². The lowest BCUT2D eigenvalue weighted by Gasteiger charge is -2.30. The second-order valence-electron chi connectivity index (χ2n) is 6.36. The molecule has 2 amide bonds. The maximum atomic E-state index is 12.4. The summed E-state index contributed by atoms with van der Waals surface area (Å²) in [5.41, 5.74) is 3.06. The van der Waals surface area contributed by atoms with Crippen LogP contribution in [0, 0.1) is 5.92 Å². The van der Waals surface area contributed by atoms with Gasteiger partial charge in [0.2, 0.25) is 11.8 Å². The van der Waals surface area contributed by atoms with E-state index in [1.165, 1.54) is 5.56 Å². The highest BCUT2D eigenvalue weighted by atomic mass is 16.2. The van der Waals surface area contributed by atoms with Crippen molar-refractivity contribution in [3.05, 3.63) is 23.8 Å². The average Bonchev–Trinajstić information content (AvgIpc) is 3.36. The standard InChI is InChI=1S/C18H24N2O2/c1-2-3-6-17(21)19-15-9-10-16-14(12-15)5-4-11-20(16)18(22)13-7-8-13/h9-10,12-13H,2-8,11H2,1H3,(H,19,21). The maximum absolute atomic E-state index is 12.4. The molecule has 22 heavy (non-hydrogen) atoms. The van der Waals surface area contributed by atoms with Crippen molar-refractivity contribution in [3.8, 4) is 0 Å². The topological polar surface area (TPSA) is 49.4 Å². The number of anilines is 2. The predicted molar refractivity (Wildman–Crippen MR) is 88.0 cm³/mol. The van der Waals surface area contributed by atoms with E-state index in [2.05, 4.69) is 12.2 Å². The summed E-state index contributed by atoms with van der Waals surface area (Å²) in [5.74, 6) is 0.601. The van der Waals surface area contributed by atoms with E-state index in [-0.39, 0.29) is 17.7 Å². The van der Waals surface area contributed by atoms with Gasteiger partial charge in [-0.05, 0) is 55.9 Å². The number of rotatable bonds is 5. The third kappa shape index (κ3) is 3.32. The van der Waals surface area contributed by atoms with Crippen LogP contribution in [-0.4, -0.2) is 18.4 Å². The molecule has 0 atom stereocenters. The quantitative estimate of drug-likeness (QED) is 0.904. The van der Waals surface area contributed by atoms with Gasteiger partial charge in [0.1, 0.15) is 0 Å². The van der Waals surface area contributed by atoms with Crippen LogP contribution in [0.3, 0.4) is 0 Å². The van der Waals surface area contributed by atoms with E-state index >= 15 is 0 Å². The first kappa shape index (κ1) is 15.1. The lowest BCUT2D eigenvalue weighted by molar-refractivity contribution is -0.120. The molecule has 1 heterocycles. The first-order valence-corrected chi connectivity index (χ1v) is 8.43. The second-order valence-corrected chi connectivity index (χ2v) is 6.36. The molecular weight excluding hydrogens is 276 g/mol. The number of amides is 2. The van der Waals surface area contributed by atoms with Crippen molar-refractivity contribution >= 4 is 23.2 Å². The van der Waals surface area contributed by atoms with Crippen molar-refractivity contribution in [2.24, 2.45) is 5.92 Å². The minimum atomic E-state index is 0.0727. The Bertz CT molecular complexity index is 578. The largest absolute Gasteiger partial charge is 0.326 e. The third-order valence-electron chi connectivity index (χ3n) is 4.43. The minimum absolute atomic E-state index is 0.0727. The predicted octanol–water partition coefficient (Wildman–Crippen LogP) is 3.50. The fourth-order valence-electron chi connectivity index (χ4n) is 3.02. The molecule has 1 N–H and O–H groups in total. The molecule has 0 spiro atoms. The SMILES string of the molecule is CCCCC(=O)Nc1ccc2c(c1)CCCN2C(=O)C1CC1. The summed E-state index contributed by atoms with van der Waals surface area (Å²) >= 11 is 0. The van der Waals surface area contributed by atoms with E-state index in [0.29, 0.717) is 6.42 Å². The molecule has 1 aromatic carbocycles. The summed E-state index contributed by atoms with van der Waals surface area (Å²) in [6, 6.07) is 5.94. The molecule has 1 aliphatic carbocycles. The summed E-state index contributed by atoms with van der Waals surface area (Å²) in [5, 5.41) is 2.96. The van der Waals surface area contributed by atoms with Gasteiger partial charge in [-0.1, -0.05) is 13.3 Å². The normalized spacial score (nSPS) is 17.0. The molecule has 1 saturated carbocycles. The van der Waals surface area contributed by atoms with Crippen LogP contribution in [0.5, 0.6) is 0 Å². The first-order chi connectivity index (χ1) is 10.7. The molecule has 2 aliphatic rings. The molecule has 3 rings (SSSR count). The number of carbonyl (C=O) groups is 2. The van der Waals surface area contributed by atoms with Gasteiger partial charge in [0, 0.05) is 30.3 Å². The number of hydrogen-bond donors (Lipinski definition) is 1. The summed E-state index contributed by atoms with van der Waals surface area (Å²) < 4.78 is 0. The fraction of sp³-hybridized carbons (Fsp3) is 0.556. The Kier molecular flexibility index (Phi) is 4.46. The van der Waals surface area contributed by atoms with Gasteiger partial charge in [-0.15, -0.1) is 0 Å². The number of nitrogens with one attached hydrogen (secondary N) is 1. The molecule has 0 unspecified atom stereocenters. The number of nitrogens with zero attached hydrogens (tertiary/aromatic N) is 1. The summed E-state index contributed by atoms with van der Waals surface area (Å²) in [6.45, 7) is 2.90. The Hall–Kier alpha value is -1.84. The van der Waals surface area contributed by atoms with Crippen molar-refractivity contribution in [2.75, 3.05) is 16.8 Å². The van der Waals surface area contributed by atoms with Crippen LogP contribution in [0.25, 0.3) is 0 Å². The zero-order chi connectivity index (χ0) is 15.5. The Labute approximate surface area is 131 Å². The van der Waals surface area contributed by atoms with Crippen LogP contribution in [0.2, 0.25) is 0 Å². The minimum Gasteiger partial charge on any atom is -0.326 e. The Balaban J connectivity index is 1.72. The number of fused-ring (bicyclic) bond motifs is 1. The van der Waals surface area contributed by atoms with E-state index in [1.807, 2.05) is 23.1 Å². The monoisotopic (exact) mass is 300 g/mol. The highest BCUT2D eigenvalue weighted by molar-refractivity contribution is 5.98. The van der Waals surface area contributed by atoms with Crippen LogP contribution < -0.4 is 10.2 Å². The van der Waals surface area contributed by atoms with Gasteiger partial charge in [0.05, 0.1) is 0 Å². The van der Waals surface area contributed by atoms with Crippen molar-refractivity contribution in [1.29, 1.82) is 0 Å². The van der Waals surface area contributed by atoms with Crippen LogP contribution >= 0.6 is 0 Å². The molecule has 1 aliphatic heterocycles. The van der Waals surface area contributed by atoms with Crippen LogP contribution in [0.15, 0.2) is 18.2 Å². The number of unbranched alkanes of at least 4 members (excludes halogenated alkanes) is 1. The molecule has 1 fully saturated rings. The van der Waals surface area contributed by atoms with Crippen molar-refractivity contribution < 1.29 is 9.59 Å². The second kappa shape index (κ2) is 6.51. The molecule has 1 aromatic rings. The molecule has 0 aromatic heterocycles. The van der Waals surface area contributed by atoms with Gasteiger partial charge >= 0.3 is 0 Å². The van der Waals surface area contributed by atoms with Gasteiger partial charge in [0.25, 0.3) is 0 Å². The molecule has 0 bridgehead atoms. The zero-order valence-electron chi connectivity index (χ0n) is 13.2. The summed E-state index contributed by atoms with van der Waals surface area (Å²) in [6.07, 6.45) is 6.56. The van der Waals surface area contributed by atoms with Crippen LogP contribution in [0.4, 0.5) is 11.4 Å². The molecule has 4 nitrogen and oxygen atoms in total. The van der Waals surface area contributed by atoms with Gasteiger partial charge in [-0.3, -0.25) is 9.59 Å². The van der Waals surface area contributed by atoms with Crippen molar-refractivity contribution in [2.45, 2.75) is 51.9 Å². The fourth-order valence-corrected chi connectivity index (χ4v) is 3.02. The average molecular weight is 300 g/mol. The van der Waals surface area contributed by atoms with E-state index < -0.39 is 0 Å². The van der Waals surface area contributed by atoms with E-state index in [1.54, 1.807) is 0 Å². The Morgan fingerprint density at radius 2 is 2.14 bits per heavy atom. The number of benzene rings is 1. The van der Waals surface area contributed by atoms with E-state index in [9.17, 15) is 9.59 Å². The Morgan fingerprint density at radius 1 is 1.32 bits per heavy atom. The van der Waals surface area contributed by atoms with E-state index in [4.69, 9.17) is 0 Å². The van der Waals surface area contributed by atoms with Gasteiger partial charge in [-0.2, -0.15) is 0 Å². The molecule has 0 saturated heterocycles. The van der Waals surface area contributed by atoms with Gasteiger partial charge in [0.15, 0.2) is 0 Å². The molecule has 118 valence electrons. The van der Waals surface area contributed by atoms with E-state index in [0.717, 1.165) is 56.4 Å². The Morgan fingerprint density at radius 3 is 2.86 bits per heavy atom. The molecule has 0 radical (unpaired) electrons. The van der Waals surface area contributed by atoms with Crippen LogP contribution in [0.1, 0.15) is 51.0 Å². The molecule has 4 heteroatoms. The number of aryl methyl sites for hydroxylation is 1. The highest BCUT2D eigenvalue weighted by Crippen LogP contribution is 2.36. The lowest BCUT2D eigenvalue weighted by atomic mass is 10.0. The maximum Gasteiger partial charge on any atom is 0.230 e. The van der Waals surface area contributed by atoms with Crippen molar-refractivity contribution in [1.82, 2.24) is 0 Å². The third-order valence-corrected chi connectivity index (χ3v) is 4.43. The first-order valence-electron chi connectivity index (χ1n) is 8.43. The summed E-state index contributed by atoms with van der Waals surface area (Å²) in [4.78, 5) is 26.1. The summed E-state index contributed by atoms with van der Waals surface area (Å²) in [7, 11) is 0. The zero-order valence-corrected chi connectivity index (χ0v) is 13.2. The van der Waals surface area contributed by atoms with Gasteiger partial charge < -0.3 is 10.2 Å². The highest BCUT2D eigenvalue weighted by Gasteiger charge is 2.35. The smallest absolute Gasteiger partial charge is 0.230 e. The number of hydrogen-bond acceptors (Lipinski definition) is 2. The van der Waals surface area contributed by atoms with Crippen LogP contribution in [-0.2, 0) is 16.0 Å². The molecular formula is C18H24N2O2. The number of carbonyl (C=O) groups excluding carboxylic acids is 2.